The molecule has 0 saturated carbocycles. The lowest BCUT2D eigenvalue weighted by atomic mass is 10.1. The molecule has 2 aromatic carbocycles. The van der Waals surface area contributed by atoms with Crippen molar-refractivity contribution in [2.45, 2.75) is 19.5 Å². The summed E-state index contributed by atoms with van der Waals surface area (Å²) >= 11 is 3.26. The maximum atomic E-state index is 13.2. The summed E-state index contributed by atoms with van der Waals surface area (Å²) in [6, 6.07) is 11.1. The highest BCUT2D eigenvalue weighted by molar-refractivity contribution is 9.10. The average Bonchev–Trinajstić information content (AvgIpc) is 2.44. The van der Waals surface area contributed by atoms with Crippen molar-refractivity contribution in [2.75, 3.05) is 0 Å². The predicted molar refractivity (Wildman–Crippen MR) is 82.5 cm³/mol. The normalized spacial score (nSPS) is 12.1. The Bertz CT molecular complexity index is 664. The van der Waals surface area contributed by atoms with Crippen LogP contribution in [-0.2, 0) is 6.54 Å². The molecular formula is C15H14BrFN2O2. The van der Waals surface area contributed by atoms with Gasteiger partial charge in [-0.15, -0.1) is 0 Å². The SMILES string of the molecule is C[C@H](NCc1cc(Br)cc([N+](=O)[O-])c1)c1cccc(F)c1. The molecule has 0 aliphatic rings. The zero-order valence-corrected chi connectivity index (χ0v) is 12.9. The van der Waals surface area contributed by atoms with Crippen molar-refractivity contribution >= 4 is 21.6 Å². The molecular weight excluding hydrogens is 339 g/mol. The van der Waals surface area contributed by atoms with Crippen LogP contribution >= 0.6 is 15.9 Å². The van der Waals surface area contributed by atoms with Crippen LogP contribution in [0.2, 0.25) is 0 Å². The maximum absolute atomic E-state index is 13.2. The van der Waals surface area contributed by atoms with E-state index in [-0.39, 0.29) is 17.5 Å². The molecule has 2 rings (SSSR count). The van der Waals surface area contributed by atoms with Crippen molar-refractivity contribution in [2.24, 2.45) is 0 Å². The summed E-state index contributed by atoms with van der Waals surface area (Å²) < 4.78 is 13.8. The molecule has 21 heavy (non-hydrogen) atoms. The highest BCUT2D eigenvalue weighted by Gasteiger charge is 2.10. The van der Waals surface area contributed by atoms with Crippen molar-refractivity contribution in [3.05, 3.63) is 74.0 Å². The van der Waals surface area contributed by atoms with Crippen molar-refractivity contribution in [3.63, 3.8) is 0 Å². The first kappa shape index (κ1) is 15.6. The fourth-order valence-corrected chi connectivity index (χ4v) is 2.53. The van der Waals surface area contributed by atoms with E-state index in [1.807, 2.05) is 19.1 Å². The van der Waals surface area contributed by atoms with Crippen LogP contribution in [0.3, 0.4) is 0 Å². The number of nitro groups is 1. The standard InChI is InChI=1S/C15H14BrFN2O2/c1-10(12-3-2-4-14(17)7-12)18-9-11-5-13(16)8-15(6-11)19(20)21/h2-8,10,18H,9H2,1H3/t10-/m0/s1. The number of hydrogen-bond donors (Lipinski definition) is 1. The number of rotatable bonds is 5. The Morgan fingerprint density at radius 1 is 1.33 bits per heavy atom. The van der Waals surface area contributed by atoms with Crippen molar-refractivity contribution in [3.8, 4) is 0 Å². The monoisotopic (exact) mass is 352 g/mol. The second-order valence-corrected chi connectivity index (χ2v) is 5.65. The van der Waals surface area contributed by atoms with Gasteiger partial charge in [0, 0.05) is 29.2 Å². The Balaban J connectivity index is 2.07. The smallest absolute Gasteiger partial charge is 0.270 e. The van der Waals surface area contributed by atoms with E-state index in [0.29, 0.717) is 11.0 Å². The second kappa shape index (κ2) is 6.78. The summed E-state index contributed by atoms with van der Waals surface area (Å²) in [6.07, 6.45) is 0. The molecule has 2 aromatic rings. The van der Waals surface area contributed by atoms with Crippen LogP contribution in [0.15, 0.2) is 46.9 Å². The first-order valence-corrected chi connectivity index (χ1v) is 7.17. The van der Waals surface area contributed by atoms with Gasteiger partial charge in [-0.3, -0.25) is 10.1 Å². The molecule has 0 unspecified atom stereocenters. The second-order valence-electron chi connectivity index (χ2n) is 4.73. The lowest BCUT2D eigenvalue weighted by Gasteiger charge is -2.14. The van der Waals surface area contributed by atoms with Crippen LogP contribution in [0, 0.1) is 15.9 Å². The molecule has 0 saturated heterocycles. The quantitative estimate of drug-likeness (QED) is 0.642. The summed E-state index contributed by atoms with van der Waals surface area (Å²) in [6.45, 7) is 2.37. The molecule has 4 nitrogen and oxygen atoms in total. The summed E-state index contributed by atoms with van der Waals surface area (Å²) in [7, 11) is 0. The summed E-state index contributed by atoms with van der Waals surface area (Å²) in [5.41, 5.74) is 1.67. The maximum Gasteiger partial charge on any atom is 0.270 e. The Morgan fingerprint density at radius 3 is 2.76 bits per heavy atom. The van der Waals surface area contributed by atoms with Gasteiger partial charge in [-0.2, -0.15) is 0 Å². The molecule has 0 heterocycles. The number of benzene rings is 2. The molecule has 0 radical (unpaired) electrons. The van der Waals surface area contributed by atoms with Gasteiger partial charge in [-0.1, -0.05) is 28.1 Å². The molecule has 1 N–H and O–H groups in total. The van der Waals surface area contributed by atoms with E-state index in [2.05, 4.69) is 21.2 Å². The molecule has 0 fully saturated rings. The number of nitrogens with one attached hydrogen (secondary N) is 1. The predicted octanol–water partition coefficient (Wildman–Crippen LogP) is 4.35. The summed E-state index contributed by atoms with van der Waals surface area (Å²) in [4.78, 5) is 10.4. The molecule has 0 aliphatic carbocycles. The number of non-ortho nitro benzene ring substituents is 1. The Labute approximate surface area is 130 Å². The third-order valence-corrected chi connectivity index (χ3v) is 3.57. The van der Waals surface area contributed by atoms with Gasteiger partial charge in [-0.25, -0.2) is 4.39 Å². The fraction of sp³-hybridized carbons (Fsp3) is 0.200. The Hall–Kier alpha value is -1.79. The van der Waals surface area contributed by atoms with Gasteiger partial charge >= 0.3 is 0 Å². The molecule has 0 amide bonds. The van der Waals surface area contributed by atoms with E-state index in [1.54, 1.807) is 6.07 Å². The topological polar surface area (TPSA) is 55.2 Å². The molecule has 1 atom stereocenters. The van der Waals surface area contributed by atoms with E-state index in [9.17, 15) is 14.5 Å². The van der Waals surface area contributed by atoms with Gasteiger partial charge in [-0.05, 0) is 36.2 Å². The summed E-state index contributed by atoms with van der Waals surface area (Å²) in [5.74, 6) is -0.278. The minimum Gasteiger partial charge on any atom is -0.306 e. The number of hydrogen-bond acceptors (Lipinski definition) is 3. The number of nitrogens with zero attached hydrogens (tertiary/aromatic N) is 1. The molecule has 0 aliphatic heterocycles. The largest absolute Gasteiger partial charge is 0.306 e. The van der Waals surface area contributed by atoms with Crippen LogP contribution < -0.4 is 5.32 Å². The number of halogens is 2. The molecule has 110 valence electrons. The van der Waals surface area contributed by atoms with Crippen molar-refractivity contribution < 1.29 is 9.31 Å². The first-order chi connectivity index (χ1) is 9.95. The van der Waals surface area contributed by atoms with Gasteiger partial charge in [0.1, 0.15) is 5.82 Å². The van der Waals surface area contributed by atoms with Gasteiger partial charge in [0.05, 0.1) is 4.92 Å². The highest BCUT2D eigenvalue weighted by Crippen LogP contribution is 2.22. The molecule has 6 heteroatoms. The van der Waals surface area contributed by atoms with Crippen LogP contribution in [0.1, 0.15) is 24.1 Å². The van der Waals surface area contributed by atoms with Crippen LogP contribution in [0.25, 0.3) is 0 Å². The Kier molecular flexibility index (Phi) is 5.03. The fourth-order valence-electron chi connectivity index (χ4n) is 2.01. The molecule has 0 aromatic heterocycles. The van der Waals surface area contributed by atoms with Crippen LogP contribution in [-0.4, -0.2) is 4.92 Å². The van der Waals surface area contributed by atoms with E-state index >= 15 is 0 Å². The Morgan fingerprint density at radius 2 is 2.10 bits per heavy atom. The average molecular weight is 353 g/mol. The van der Waals surface area contributed by atoms with Crippen LogP contribution in [0.5, 0.6) is 0 Å². The molecule has 0 bridgehead atoms. The van der Waals surface area contributed by atoms with Crippen molar-refractivity contribution in [1.82, 2.24) is 5.32 Å². The van der Waals surface area contributed by atoms with E-state index in [0.717, 1.165) is 11.1 Å². The number of nitro benzene ring substituents is 1. The minimum atomic E-state index is -0.426. The van der Waals surface area contributed by atoms with Crippen molar-refractivity contribution in [1.29, 1.82) is 0 Å². The van der Waals surface area contributed by atoms with Gasteiger partial charge in [0.2, 0.25) is 0 Å². The minimum absolute atomic E-state index is 0.0413. The van der Waals surface area contributed by atoms with Gasteiger partial charge in [0.25, 0.3) is 5.69 Å². The van der Waals surface area contributed by atoms with E-state index in [1.165, 1.54) is 24.3 Å². The van der Waals surface area contributed by atoms with E-state index < -0.39 is 4.92 Å². The summed E-state index contributed by atoms with van der Waals surface area (Å²) in [5, 5.41) is 14.1. The van der Waals surface area contributed by atoms with E-state index in [4.69, 9.17) is 0 Å². The van der Waals surface area contributed by atoms with Gasteiger partial charge < -0.3 is 5.32 Å². The third kappa shape index (κ3) is 4.34. The first-order valence-electron chi connectivity index (χ1n) is 6.38. The zero-order chi connectivity index (χ0) is 15.4. The lowest BCUT2D eigenvalue weighted by Crippen LogP contribution is -2.18. The lowest BCUT2D eigenvalue weighted by molar-refractivity contribution is -0.385. The van der Waals surface area contributed by atoms with Gasteiger partial charge in [0.15, 0.2) is 0 Å². The molecule has 0 spiro atoms. The zero-order valence-electron chi connectivity index (χ0n) is 11.3. The third-order valence-electron chi connectivity index (χ3n) is 3.11. The van der Waals surface area contributed by atoms with Crippen LogP contribution in [0.4, 0.5) is 10.1 Å². The highest BCUT2D eigenvalue weighted by atomic mass is 79.9.